The maximum Gasteiger partial charge on any atom is 0.292 e. The van der Waals surface area contributed by atoms with E-state index in [1.807, 2.05) is 0 Å². The maximum atomic E-state index is 12.3. The highest BCUT2D eigenvalue weighted by atomic mass is 35.5. The van der Waals surface area contributed by atoms with E-state index in [-0.39, 0.29) is 42.6 Å². The van der Waals surface area contributed by atoms with Crippen LogP contribution in [0.5, 0.6) is 0 Å². The van der Waals surface area contributed by atoms with Gasteiger partial charge in [0.15, 0.2) is 0 Å². The molecule has 2 atom stereocenters. The highest BCUT2D eigenvalue weighted by molar-refractivity contribution is 5.85. The Bertz CT molecular complexity index is 614. The van der Waals surface area contributed by atoms with E-state index in [0.717, 1.165) is 25.7 Å². The Balaban J connectivity index is 0.00000225. The van der Waals surface area contributed by atoms with Crippen molar-refractivity contribution in [1.29, 1.82) is 0 Å². The molecule has 8 heteroatoms. The van der Waals surface area contributed by atoms with Crippen molar-refractivity contribution in [2.45, 2.75) is 44.2 Å². The molecule has 1 amide bonds. The number of para-hydroxylation sites is 2. The lowest BCUT2D eigenvalue weighted by molar-refractivity contribution is -0.383. The first kappa shape index (κ1) is 19.5. The highest BCUT2D eigenvalue weighted by Gasteiger charge is 2.39. The molecular formula is C17H25ClN4O3. The van der Waals surface area contributed by atoms with Crippen LogP contribution in [0.2, 0.25) is 0 Å². The van der Waals surface area contributed by atoms with Gasteiger partial charge in [-0.25, -0.2) is 0 Å². The third-order valence-electron chi connectivity index (χ3n) is 5.24. The third-order valence-corrected chi connectivity index (χ3v) is 5.24. The molecule has 0 saturated heterocycles. The lowest BCUT2D eigenvalue weighted by Gasteiger charge is -2.45. The van der Waals surface area contributed by atoms with Crippen LogP contribution in [0.1, 0.15) is 32.1 Å². The van der Waals surface area contributed by atoms with Gasteiger partial charge in [0.05, 0.1) is 11.5 Å². The van der Waals surface area contributed by atoms with Crippen LogP contribution in [0.25, 0.3) is 0 Å². The standard InChI is InChI=1S/C17H24N4O3.ClH/c18-13-8-11-4-3-5-12(9-13)17(11)20-16(22)10-19-14-6-1-2-7-15(14)21(23)24;/h1-2,6-7,11-13,17,19H,3-5,8-10,18H2,(H,20,22);1H. The van der Waals surface area contributed by atoms with E-state index < -0.39 is 4.92 Å². The first-order chi connectivity index (χ1) is 11.5. The van der Waals surface area contributed by atoms with Gasteiger partial charge in [0, 0.05) is 18.2 Å². The van der Waals surface area contributed by atoms with Crippen LogP contribution in [-0.2, 0) is 4.79 Å². The van der Waals surface area contributed by atoms with E-state index in [2.05, 4.69) is 10.6 Å². The summed E-state index contributed by atoms with van der Waals surface area (Å²) in [5.74, 6) is 0.801. The molecule has 0 aromatic heterocycles. The number of hydrogen-bond acceptors (Lipinski definition) is 5. The van der Waals surface area contributed by atoms with Crippen molar-refractivity contribution in [3.8, 4) is 0 Å². The van der Waals surface area contributed by atoms with Crippen LogP contribution in [0.4, 0.5) is 11.4 Å². The predicted octanol–water partition coefficient (Wildman–Crippen LogP) is 2.45. The Labute approximate surface area is 153 Å². The molecule has 4 N–H and O–H groups in total. The molecule has 2 fully saturated rings. The number of nitro benzene ring substituents is 1. The van der Waals surface area contributed by atoms with Crippen LogP contribution in [-0.4, -0.2) is 29.5 Å². The van der Waals surface area contributed by atoms with Crippen molar-refractivity contribution in [2.24, 2.45) is 17.6 Å². The molecular weight excluding hydrogens is 344 g/mol. The molecule has 1 aromatic carbocycles. The molecule has 2 bridgehead atoms. The topological polar surface area (TPSA) is 110 Å². The summed E-state index contributed by atoms with van der Waals surface area (Å²) in [4.78, 5) is 22.9. The number of rotatable bonds is 5. The van der Waals surface area contributed by atoms with Crippen molar-refractivity contribution in [3.63, 3.8) is 0 Å². The number of benzene rings is 1. The smallest absolute Gasteiger partial charge is 0.292 e. The van der Waals surface area contributed by atoms with Crippen LogP contribution in [0, 0.1) is 22.0 Å². The van der Waals surface area contributed by atoms with E-state index in [1.54, 1.807) is 18.2 Å². The molecule has 0 radical (unpaired) electrons. The van der Waals surface area contributed by atoms with Gasteiger partial charge < -0.3 is 16.4 Å². The Morgan fingerprint density at radius 2 is 1.88 bits per heavy atom. The fraction of sp³-hybridized carbons (Fsp3) is 0.588. The summed E-state index contributed by atoms with van der Waals surface area (Å²) < 4.78 is 0. The molecule has 7 nitrogen and oxygen atoms in total. The van der Waals surface area contributed by atoms with Crippen LogP contribution in [0.3, 0.4) is 0 Å². The molecule has 25 heavy (non-hydrogen) atoms. The number of anilines is 1. The Morgan fingerprint density at radius 1 is 1.24 bits per heavy atom. The molecule has 0 heterocycles. The summed E-state index contributed by atoms with van der Waals surface area (Å²) in [7, 11) is 0. The number of carbonyl (C=O) groups is 1. The number of nitrogens with one attached hydrogen (secondary N) is 2. The van der Waals surface area contributed by atoms with E-state index in [9.17, 15) is 14.9 Å². The van der Waals surface area contributed by atoms with E-state index in [0.29, 0.717) is 17.5 Å². The van der Waals surface area contributed by atoms with Gasteiger partial charge in [-0.2, -0.15) is 0 Å². The lowest BCUT2D eigenvalue weighted by atomic mass is 9.67. The van der Waals surface area contributed by atoms with Crippen molar-refractivity contribution in [1.82, 2.24) is 5.32 Å². The predicted molar refractivity (Wildman–Crippen MR) is 98.8 cm³/mol. The molecule has 0 spiro atoms. The van der Waals surface area contributed by atoms with Gasteiger partial charge in [-0.15, -0.1) is 12.4 Å². The van der Waals surface area contributed by atoms with Crippen LogP contribution in [0.15, 0.2) is 24.3 Å². The second kappa shape index (κ2) is 8.49. The number of amides is 1. The normalized spacial score (nSPS) is 27.7. The summed E-state index contributed by atoms with van der Waals surface area (Å²) in [5, 5.41) is 17.0. The van der Waals surface area contributed by atoms with Gasteiger partial charge in [0.25, 0.3) is 5.69 Å². The Hall–Kier alpha value is -1.86. The fourth-order valence-electron chi connectivity index (χ4n) is 4.22. The SMILES string of the molecule is Cl.NC1CC2CCCC(C1)C2NC(=O)CNc1ccccc1[N+](=O)[O-]. The lowest BCUT2D eigenvalue weighted by Crippen LogP contribution is -2.54. The third kappa shape index (κ3) is 4.61. The van der Waals surface area contributed by atoms with Crippen LogP contribution >= 0.6 is 12.4 Å². The van der Waals surface area contributed by atoms with Gasteiger partial charge in [0.2, 0.25) is 5.91 Å². The maximum absolute atomic E-state index is 12.3. The average Bonchev–Trinajstić information content (AvgIpc) is 2.54. The first-order valence-corrected chi connectivity index (χ1v) is 8.57. The minimum Gasteiger partial charge on any atom is -0.371 e. The second-order valence-electron chi connectivity index (χ2n) is 6.90. The number of carbonyl (C=O) groups excluding carboxylic acids is 1. The molecule has 1 aromatic rings. The molecule has 2 unspecified atom stereocenters. The number of nitrogens with zero attached hydrogens (tertiary/aromatic N) is 1. The van der Waals surface area contributed by atoms with E-state index in [4.69, 9.17) is 5.73 Å². The monoisotopic (exact) mass is 368 g/mol. The van der Waals surface area contributed by atoms with Crippen molar-refractivity contribution >= 4 is 29.7 Å². The second-order valence-corrected chi connectivity index (χ2v) is 6.90. The number of nitrogens with two attached hydrogens (primary N) is 1. The fourth-order valence-corrected chi connectivity index (χ4v) is 4.22. The summed E-state index contributed by atoms with van der Waals surface area (Å²) in [6.07, 6.45) is 5.39. The molecule has 2 aliphatic rings. The average molecular weight is 369 g/mol. The molecule has 3 rings (SSSR count). The van der Waals surface area contributed by atoms with Gasteiger partial charge in [-0.05, 0) is 43.6 Å². The van der Waals surface area contributed by atoms with Crippen LogP contribution < -0.4 is 16.4 Å². The zero-order valence-electron chi connectivity index (χ0n) is 14.0. The van der Waals surface area contributed by atoms with Crippen molar-refractivity contribution < 1.29 is 9.72 Å². The largest absolute Gasteiger partial charge is 0.371 e. The highest BCUT2D eigenvalue weighted by Crippen LogP contribution is 2.39. The van der Waals surface area contributed by atoms with E-state index >= 15 is 0 Å². The zero-order valence-corrected chi connectivity index (χ0v) is 14.8. The molecule has 2 aliphatic carbocycles. The Morgan fingerprint density at radius 3 is 2.52 bits per heavy atom. The summed E-state index contributed by atoms with van der Waals surface area (Å²) >= 11 is 0. The summed E-state index contributed by atoms with van der Waals surface area (Å²) in [6.45, 7) is 0.0346. The van der Waals surface area contributed by atoms with Gasteiger partial charge in [-0.1, -0.05) is 18.6 Å². The summed E-state index contributed by atoms with van der Waals surface area (Å²) in [6, 6.07) is 6.79. The number of halogens is 1. The number of hydrogen-bond donors (Lipinski definition) is 3. The van der Waals surface area contributed by atoms with Crippen molar-refractivity contribution in [3.05, 3.63) is 34.4 Å². The minimum absolute atomic E-state index is 0. The quantitative estimate of drug-likeness (QED) is 0.546. The zero-order chi connectivity index (χ0) is 17.1. The number of fused-ring (bicyclic) bond motifs is 2. The van der Waals surface area contributed by atoms with Gasteiger partial charge in [-0.3, -0.25) is 14.9 Å². The Kier molecular flexibility index (Phi) is 6.61. The minimum atomic E-state index is -0.451. The van der Waals surface area contributed by atoms with Gasteiger partial charge >= 0.3 is 0 Å². The van der Waals surface area contributed by atoms with E-state index in [1.165, 1.54) is 12.5 Å². The number of nitro groups is 1. The molecule has 2 saturated carbocycles. The molecule has 0 aliphatic heterocycles. The first-order valence-electron chi connectivity index (χ1n) is 8.57. The van der Waals surface area contributed by atoms with Crippen molar-refractivity contribution in [2.75, 3.05) is 11.9 Å². The molecule has 138 valence electrons. The summed E-state index contributed by atoms with van der Waals surface area (Å²) in [5.41, 5.74) is 6.45. The van der Waals surface area contributed by atoms with Gasteiger partial charge in [0.1, 0.15) is 5.69 Å².